The van der Waals surface area contributed by atoms with Crippen molar-refractivity contribution in [3.63, 3.8) is 0 Å². The smallest absolute Gasteiger partial charge is 0.336 e. The first-order valence-electron chi connectivity index (χ1n) is 10.6. The second-order valence-corrected chi connectivity index (χ2v) is 8.46. The number of carbonyl (C=O) groups excluding carboxylic acids is 1. The molecule has 5 rings (SSSR count). The molecule has 0 unspecified atom stereocenters. The van der Waals surface area contributed by atoms with Crippen LogP contribution >= 0.6 is 0 Å². The average molecular weight is 406 g/mol. The first-order chi connectivity index (χ1) is 14.5. The maximum atomic E-state index is 12.8. The molecule has 1 aliphatic carbocycles. The fourth-order valence-electron chi connectivity index (χ4n) is 4.79. The second-order valence-electron chi connectivity index (χ2n) is 8.46. The van der Waals surface area contributed by atoms with E-state index in [2.05, 4.69) is 17.0 Å². The lowest BCUT2D eigenvalue weighted by Crippen LogP contribution is -2.48. The standard InChI is InChI=1S/C24H26N2O4/c1-15-10-20(16(2)29-15)24(28)26-8-6-25(7-9-26)14-19-13-23(27)30-22-12-18-5-3-4-17(18)11-21(19)22/h10-13H,3-9,14H2,1-2H3. The maximum Gasteiger partial charge on any atom is 0.336 e. The lowest BCUT2D eigenvalue weighted by Gasteiger charge is -2.34. The Hall–Kier alpha value is -2.86. The van der Waals surface area contributed by atoms with Gasteiger partial charge >= 0.3 is 5.63 Å². The van der Waals surface area contributed by atoms with Gasteiger partial charge in [0.2, 0.25) is 0 Å². The third kappa shape index (κ3) is 3.45. The molecule has 6 nitrogen and oxygen atoms in total. The number of carbonyl (C=O) groups is 1. The molecule has 2 aromatic heterocycles. The second kappa shape index (κ2) is 7.43. The van der Waals surface area contributed by atoms with Crippen LogP contribution in [0.1, 0.15) is 45.0 Å². The molecule has 0 bridgehead atoms. The SMILES string of the molecule is Cc1cc(C(=O)N2CCN(Cc3cc(=O)oc4cc5c(cc34)CCC5)CC2)c(C)o1. The number of hydrogen-bond donors (Lipinski definition) is 0. The minimum absolute atomic E-state index is 0.0327. The molecule has 0 radical (unpaired) electrons. The zero-order valence-electron chi connectivity index (χ0n) is 17.5. The van der Waals surface area contributed by atoms with E-state index in [9.17, 15) is 9.59 Å². The number of aryl methyl sites for hydroxylation is 4. The molecule has 0 atom stereocenters. The van der Waals surface area contributed by atoms with Gasteiger partial charge in [0.15, 0.2) is 0 Å². The Labute approximate surface area is 175 Å². The quantitative estimate of drug-likeness (QED) is 0.624. The van der Waals surface area contributed by atoms with Crippen LogP contribution in [0.2, 0.25) is 0 Å². The van der Waals surface area contributed by atoms with Crippen LogP contribution in [-0.2, 0) is 19.4 Å². The van der Waals surface area contributed by atoms with E-state index in [4.69, 9.17) is 8.83 Å². The minimum atomic E-state index is -0.296. The zero-order valence-corrected chi connectivity index (χ0v) is 17.5. The van der Waals surface area contributed by atoms with Crippen molar-refractivity contribution in [3.05, 3.63) is 68.5 Å². The molecule has 0 saturated carbocycles. The van der Waals surface area contributed by atoms with E-state index in [1.807, 2.05) is 24.8 Å². The van der Waals surface area contributed by atoms with Gasteiger partial charge in [-0.15, -0.1) is 0 Å². The van der Waals surface area contributed by atoms with Gasteiger partial charge in [0, 0.05) is 44.2 Å². The van der Waals surface area contributed by atoms with E-state index < -0.39 is 0 Å². The highest BCUT2D eigenvalue weighted by Crippen LogP contribution is 2.29. The molecule has 3 aromatic rings. The van der Waals surface area contributed by atoms with Crippen LogP contribution in [-0.4, -0.2) is 41.9 Å². The molecule has 1 fully saturated rings. The molecule has 1 saturated heterocycles. The summed E-state index contributed by atoms with van der Waals surface area (Å²) in [5.41, 5.74) is 4.74. The van der Waals surface area contributed by atoms with Gasteiger partial charge in [-0.2, -0.15) is 0 Å². The van der Waals surface area contributed by atoms with Crippen molar-refractivity contribution in [2.75, 3.05) is 26.2 Å². The van der Waals surface area contributed by atoms with Gasteiger partial charge in [0.25, 0.3) is 5.91 Å². The first-order valence-corrected chi connectivity index (χ1v) is 10.6. The third-order valence-corrected chi connectivity index (χ3v) is 6.37. The van der Waals surface area contributed by atoms with Crippen molar-refractivity contribution in [1.29, 1.82) is 0 Å². The van der Waals surface area contributed by atoms with E-state index in [0.717, 1.165) is 49.1 Å². The molecule has 6 heteroatoms. The van der Waals surface area contributed by atoms with Crippen LogP contribution in [0, 0.1) is 13.8 Å². The number of rotatable bonds is 3. The molecule has 0 spiro atoms. The van der Waals surface area contributed by atoms with Crippen molar-refractivity contribution in [3.8, 4) is 0 Å². The molecule has 30 heavy (non-hydrogen) atoms. The van der Waals surface area contributed by atoms with Crippen LogP contribution in [0.4, 0.5) is 0 Å². The number of nitrogens with zero attached hydrogens (tertiary/aromatic N) is 2. The van der Waals surface area contributed by atoms with Gasteiger partial charge < -0.3 is 13.7 Å². The molecule has 0 N–H and O–H groups in total. The summed E-state index contributed by atoms with van der Waals surface area (Å²) in [6.45, 7) is 7.25. The third-order valence-electron chi connectivity index (χ3n) is 6.37. The van der Waals surface area contributed by atoms with Gasteiger partial charge in [0.05, 0.1) is 5.56 Å². The summed E-state index contributed by atoms with van der Waals surface area (Å²) in [5.74, 6) is 1.47. The van der Waals surface area contributed by atoms with Crippen molar-refractivity contribution >= 4 is 16.9 Å². The Morgan fingerprint density at radius 2 is 1.70 bits per heavy atom. The van der Waals surface area contributed by atoms with Crippen molar-refractivity contribution in [2.24, 2.45) is 0 Å². The highest BCUT2D eigenvalue weighted by Gasteiger charge is 2.25. The van der Waals surface area contributed by atoms with Gasteiger partial charge in [-0.3, -0.25) is 9.69 Å². The lowest BCUT2D eigenvalue weighted by atomic mass is 10.0. The van der Waals surface area contributed by atoms with Gasteiger partial charge in [-0.25, -0.2) is 4.79 Å². The van der Waals surface area contributed by atoms with Crippen LogP contribution in [0.5, 0.6) is 0 Å². The van der Waals surface area contributed by atoms with Crippen LogP contribution < -0.4 is 5.63 Å². The van der Waals surface area contributed by atoms with E-state index in [1.54, 1.807) is 6.07 Å². The summed E-state index contributed by atoms with van der Waals surface area (Å²) in [5, 5.41) is 1.04. The Morgan fingerprint density at radius 3 is 2.40 bits per heavy atom. The Kier molecular flexibility index (Phi) is 4.74. The predicted molar refractivity (Wildman–Crippen MR) is 114 cm³/mol. The van der Waals surface area contributed by atoms with Crippen molar-refractivity contribution < 1.29 is 13.6 Å². The molecule has 1 amide bonds. The molecular weight excluding hydrogens is 380 g/mol. The van der Waals surface area contributed by atoms with E-state index in [-0.39, 0.29) is 11.5 Å². The van der Waals surface area contributed by atoms with Crippen LogP contribution in [0.25, 0.3) is 11.0 Å². The van der Waals surface area contributed by atoms with Crippen LogP contribution in [0.15, 0.2) is 37.9 Å². The molecule has 1 aliphatic heterocycles. The summed E-state index contributed by atoms with van der Waals surface area (Å²) in [6, 6.07) is 7.70. The Morgan fingerprint density at radius 1 is 0.967 bits per heavy atom. The predicted octanol–water partition coefficient (Wildman–Crippen LogP) is 3.45. The summed E-state index contributed by atoms with van der Waals surface area (Å²) in [4.78, 5) is 29.1. The van der Waals surface area contributed by atoms with E-state index in [0.29, 0.717) is 36.5 Å². The number of fused-ring (bicyclic) bond motifs is 2. The van der Waals surface area contributed by atoms with Crippen molar-refractivity contribution in [2.45, 2.75) is 39.7 Å². The Balaban J connectivity index is 1.32. The highest BCUT2D eigenvalue weighted by molar-refractivity contribution is 5.95. The highest BCUT2D eigenvalue weighted by atomic mass is 16.4. The molecule has 1 aromatic carbocycles. The monoisotopic (exact) mass is 406 g/mol. The normalized spacial score (nSPS) is 16.9. The largest absolute Gasteiger partial charge is 0.466 e. The van der Waals surface area contributed by atoms with Gasteiger partial charge in [-0.05, 0) is 68.0 Å². The number of hydrogen-bond acceptors (Lipinski definition) is 5. The minimum Gasteiger partial charge on any atom is -0.466 e. The van der Waals surface area contributed by atoms with Gasteiger partial charge in [0.1, 0.15) is 17.1 Å². The number of furan rings is 1. The first kappa shape index (κ1) is 19.1. The van der Waals surface area contributed by atoms with Crippen LogP contribution in [0.3, 0.4) is 0 Å². The fourth-order valence-corrected chi connectivity index (χ4v) is 4.79. The number of benzene rings is 1. The summed E-state index contributed by atoms with van der Waals surface area (Å²) in [7, 11) is 0. The fraction of sp³-hybridized carbons (Fsp3) is 0.417. The number of amides is 1. The zero-order chi connectivity index (χ0) is 20.8. The molecule has 156 valence electrons. The van der Waals surface area contributed by atoms with Crippen molar-refractivity contribution in [1.82, 2.24) is 9.80 Å². The Bertz CT molecular complexity index is 1180. The van der Waals surface area contributed by atoms with Gasteiger partial charge in [-0.1, -0.05) is 0 Å². The summed E-state index contributed by atoms with van der Waals surface area (Å²) in [6.07, 6.45) is 3.32. The average Bonchev–Trinajstić information content (AvgIpc) is 3.31. The lowest BCUT2D eigenvalue weighted by molar-refractivity contribution is 0.0627. The topological polar surface area (TPSA) is 66.9 Å². The maximum absolute atomic E-state index is 12.8. The molecule has 3 heterocycles. The van der Waals surface area contributed by atoms with E-state index in [1.165, 1.54) is 11.1 Å². The molecule has 2 aliphatic rings. The number of piperazine rings is 1. The summed E-state index contributed by atoms with van der Waals surface area (Å²) < 4.78 is 11.0. The summed E-state index contributed by atoms with van der Waals surface area (Å²) >= 11 is 0. The van der Waals surface area contributed by atoms with E-state index >= 15 is 0 Å². The molecular formula is C24H26N2O4.